The summed E-state index contributed by atoms with van der Waals surface area (Å²) in [5.74, 6) is 0.762. The first-order valence-electron chi connectivity index (χ1n) is 6.73. The summed E-state index contributed by atoms with van der Waals surface area (Å²) < 4.78 is 0. The van der Waals surface area contributed by atoms with Gasteiger partial charge >= 0.3 is 0 Å². The molecule has 98 valence electrons. The SMILES string of the molecule is C[C@H]1CCCC[C@@H]1[NH2+]Cc1cccc([N+](=O)[O-])c1. The summed E-state index contributed by atoms with van der Waals surface area (Å²) >= 11 is 0. The first-order valence-corrected chi connectivity index (χ1v) is 6.73. The lowest BCUT2D eigenvalue weighted by Gasteiger charge is -2.26. The van der Waals surface area contributed by atoms with Crippen molar-refractivity contribution in [3.8, 4) is 0 Å². The first-order chi connectivity index (χ1) is 8.66. The fourth-order valence-corrected chi connectivity index (χ4v) is 2.78. The molecule has 2 N–H and O–H groups in total. The molecule has 4 nitrogen and oxygen atoms in total. The van der Waals surface area contributed by atoms with E-state index in [1.165, 1.54) is 25.7 Å². The van der Waals surface area contributed by atoms with Gasteiger partial charge in [-0.25, -0.2) is 0 Å². The van der Waals surface area contributed by atoms with Crippen LogP contribution >= 0.6 is 0 Å². The summed E-state index contributed by atoms with van der Waals surface area (Å²) in [7, 11) is 0. The lowest BCUT2D eigenvalue weighted by Crippen LogP contribution is -2.90. The highest BCUT2D eigenvalue weighted by Gasteiger charge is 2.23. The van der Waals surface area contributed by atoms with E-state index in [4.69, 9.17) is 0 Å². The Balaban J connectivity index is 1.93. The Morgan fingerprint density at radius 2 is 2.17 bits per heavy atom. The second-order valence-electron chi connectivity index (χ2n) is 5.29. The van der Waals surface area contributed by atoms with Gasteiger partial charge in [0.1, 0.15) is 6.54 Å². The van der Waals surface area contributed by atoms with Gasteiger partial charge in [-0.1, -0.05) is 25.5 Å². The molecule has 1 aromatic carbocycles. The van der Waals surface area contributed by atoms with E-state index >= 15 is 0 Å². The van der Waals surface area contributed by atoms with E-state index in [1.54, 1.807) is 18.2 Å². The van der Waals surface area contributed by atoms with Crippen molar-refractivity contribution in [3.05, 3.63) is 39.9 Å². The highest BCUT2D eigenvalue weighted by molar-refractivity contribution is 5.33. The van der Waals surface area contributed by atoms with E-state index in [0.717, 1.165) is 18.0 Å². The minimum absolute atomic E-state index is 0.192. The molecule has 0 aliphatic heterocycles. The molecule has 0 bridgehead atoms. The van der Waals surface area contributed by atoms with Gasteiger partial charge in [0.05, 0.1) is 11.0 Å². The fraction of sp³-hybridized carbons (Fsp3) is 0.571. The van der Waals surface area contributed by atoms with E-state index < -0.39 is 0 Å². The molecule has 0 spiro atoms. The van der Waals surface area contributed by atoms with Crippen LogP contribution in [0.5, 0.6) is 0 Å². The number of benzene rings is 1. The number of nitro benzene ring substituents is 1. The van der Waals surface area contributed by atoms with Gasteiger partial charge in [-0.2, -0.15) is 0 Å². The van der Waals surface area contributed by atoms with Crippen LogP contribution in [0.25, 0.3) is 0 Å². The van der Waals surface area contributed by atoms with Gasteiger partial charge in [0.25, 0.3) is 5.69 Å². The molecule has 0 amide bonds. The summed E-state index contributed by atoms with van der Waals surface area (Å²) in [5.41, 5.74) is 1.24. The van der Waals surface area contributed by atoms with E-state index in [9.17, 15) is 10.1 Å². The lowest BCUT2D eigenvalue weighted by atomic mass is 9.86. The van der Waals surface area contributed by atoms with Crippen LogP contribution < -0.4 is 5.32 Å². The molecule has 1 saturated carbocycles. The second kappa shape index (κ2) is 5.96. The molecule has 0 radical (unpaired) electrons. The van der Waals surface area contributed by atoms with Crippen molar-refractivity contribution < 1.29 is 10.2 Å². The van der Waals surface area contributed by atoms with Crippen molar-refractivity contribution >= 4 is 5.69 Å². The van der Waals surface area contributed by atoms with Crippen LogP contribution in [0.4, 0.5) is 5.69 Å². The molecule has 1 aliphatic rings. The number of nitrogens with zero attached hydrogens (tertiary/aromatic N) is 1. The van der Waals surface area contributed by atoms with Crippen LogP contribution in [0, 0.1) is 16.0 Å². The molecule has 4 heteroatoms. The number of non-ortho nitro benzene ring substituents is 1. The Labute approximate surface area is 108 Å². The summed E-state index contributed by atoms with van der Waals surface area (Å²) in [6, 6.07) is 7.65. The van der Waals surface area contributed by atoms with E-state index in [-0.39, 0.29) is 10.6 Å². The average Bonchev–Trinajstić information content (AvgIpc) is 2.38. The molecule has 0 unspecified atom stereocenters. The quantitative estimate of drug-likeness (QED) is 0.657. The maximum atomic E-state index is 10.7. The average molecular weight is 249 g/mol. The van der Waals surface area contributed by atoms with Crippen LogP contribution in [0.3, 0.4) is 0 Å². The summed E-state index contributed by atoms with van der Waals surface area (Å²) in [5, 5.41) is 13.1. The van der Waals surface area contributed by atoms with Gasteiger partial charge in [0.2, 0.25) is 0 Å². The summed E-state index contributed by atoms with van der Waals surface area (Å²) in [6.07, 6.45) is 5.26. The molecule has 0 aromatic heterocycles. The topological polar surface area (TPSA) is 59.8 Å². The zero-order valence-corrected chi connectivity index (χ0v) is 10.8. The minimum atomic E-state index is -0.327. The van der Waals surface area contributed by atoms with E-state index in [2.05, 4.69) is 12.2 Å². The normalized spacial score (nSPS) is 23.8. The maximum Gasteiger partial charge on any atom is 0.269 e. The highest BCUT2D eigenvalue weighted by atomic mass is 16.6. The van der Waals surface area contributed by atoms with Crippen LogP contribution in [-0.2, 0) is 6.54 Å². The summed E-state index contributed by atoms with van der Waals surface area (Å²) in [6.45, 7) is 3.16. The number of quaternary nitrogens is 1. The molecule has 1 aliphatic carbocycles. The molecule has 1 fully saturated rings. The van der Waals surface area contributed by atoms with Crippen LogP contribution in [0.2, 0.25) is 0 Å². The minimum Gasteiger partial charge on any atom is -0.340 e. The number of hydrogen-bond donors (Lipinski definition) is 1. The molecular formula is C14H21N2O2+. The Morgan fingerprint density at radius 1 is 1.39 bits per heavy atom. The Hall–Kier alpha value is -1.42. The zero-order valence-electron chi connectivity index (χ0n) is 10.8. The van der Waals surface area contributed by atoms with Crippen molar-refractivity contribution in [2.75, 3.05) is 0 Å². The highest BCUT2D eigenvalue weighted by Crippen LogP contribution is 2.21. The molecule has 2 atom stereocenters. The zero-order chi connectivity index (χ0) is 13.0. The lowest BCUT2D eigenvalue weighted by molar-refractivity contribution is -0.712. The van der Waals surface area contributed by atoms with Crippen molar-refractivity contribution in [2.45, 2.75) is 45.2 Å². The molecule has 18 heavy (non-hydrogen) atoms. The molecule has 0 heterocycles. The third kappa shape index (κ3) is 3.29. The third-order valence-corrected chi connectivity index (χ3v) is 3.96. The van der Waals surface area contributed by atoms with Crippen molar-refractivity contribution in [2.24, 2.45) is 5.92 Å². The Bertz CT molecular complexity index is 420. The number of nitro groups is 1. The predicted molar refractivity (Wildman–Crippen MR) is 70.1 cm³/mol. The Kier molecular flexibility index (Phi) is 4.31. The van der Waals surface area contributed by atoms with Crippen LogP contribution in [-0.4, -0.2) is 11.0 Å². The van der Waals surface area contributed by atoms with Gasteiger partial charge in [0.15, 0.2) is 0 Å². The molecular weight excluding hydrogens is 228 g/mol. The van der Waals surface area contributed by atoms with Gasteiger partial charge in [0, 0.05) is 23.6 Å². The fourth-order valence-electron chi connectivity index (χ4n) is 2.78. The molecule has 1 aromatic rings. The van der Waals surface area contributed by atoms with E-state index in [0.29, 0.717) is 6.04 Å². The number of hydrogen-bond acceptors (Lipinski definition) is 2. The van der Waals surface area contributed by atoms with Gasteiger partial charge in [-0.15, -0.1) is 0 Å². The van der Waals surface area contributed by atoms with E-state index in [1.807, 2.05) is 6.07 Å². The van der Waals surface area contributed by atoms with Crippen LogP contribution in [0.1, 0.15) is 38.2 Å². The summed E-state index contributed by atoms with van der Waals surface area (Å²) in [4.78, 5) is 10.4. The van der Waals surface area contributed by atoms with Gasteiger partial charge in [-0.3, -0.25) is 10.1 Å². The predicted octanol–water partition coefficient (Wildman–Crippen LogP) is 2.24. The number of rotatable bonds is 4. The van der Waals surface area contributed by atoms with Crippen LogP contribution in [0.15, 0.2) is 24.3 Å². The van der Waals surface area contributed by atoms with Crippen molar-refractivity contribution in [1.82, 2.24) is 0 Å². The van der Waals surface area contributed by atoms with Crippen molar-refractivity contribution in [3.63, 3.8) is 0 Å². The van der Waals surface area contributed by atoms with Gasteiger partial charge in [-0.05, 0) is 19.3 Å². The molecule has 0 saturated heterocycles. The molecule has 2 rings (SSSR count). The second-order valence-corrected chi connectivity index (χ2v) is 5.29. The largest absolute Gasteiger partial charge is 0.340 e. The first kappa shape index (κ1) is 13.0. The number of nitrogens with two attached hydrogens (primary N) is 1. The van der Waals surface area contributed by atoms with Crippen molar-refractivity contribution in [1.29, 1.82) is 0 Å². The maximum absolute atomic E-state index is 10.7. The Morgan fingerprint density at radius 3 is 2.89 bits per heavy atom. The van der Waals surface area contributed by atoms with Gasteiger partial charge < -0.3 is 5.32 Å². The standard InChI is InChI=1S/C14H20N2O2/c1-11-5-2-3-8-14(11)15-10-12-6-4-7-13(9-12)16(17)18/h4,6-7,9,11,14-15H,2-3,5,8,10H2,1H3/p+1/t11-,14-/m0/s1. The monoisotopic (exact) mass is 249 g/mol. The smallest absolute Gasteiger partial charge is 0.269 e. The third-order valence-electron chi connectivity index (χ3n) is 3.96.